The number of fused-ring (bicyclic) bond motifs is 1. The normalized spacial score (nSPS) is 41.8. The maximum absolute atomic E-state index is 12.6. The molecule has 0 aromatic heterocycles. The van der Waals surface area contributed by atoms with Crippen LogP contribution < -0.4 is 0 Å². The summed E-state index contributed by atoms with van der Waals surface area (Å²) in [4.78, 5) is 23.6. The van der Waals surface area contributed by atoms with Crippen molar-refractivity contribution in [1.29, 1.82) is 0 Å². The number of hydrogen-bond acceptors (Lipinski definition) is 4. The highest BCUT2D eigenvalue weighted by molar-refractivity contribution is 5.80. The lowest BCUT2D eigenvalue weighted by Crippen LogP contribution is -2.55. The molecule has 2 saturated heterocycles. The molecule has 0 unspecified atom stereocenters. The first-order valence-corrected chi connectivity index (χ1v) is 7.88. The molecule has 0 amide bonds. The summed E-state index contributed by atoms with van der Waals surface area (Å²) in [5.41, 5.74) is 0.968. The average molecular weight is 278 g/mol. The number of carbonyl (C=O) groups excluding carboxylic acids is 1. The molecule has 0 aromatic rings. The van der Waals surface area contributed by atoms with Crippen LogP contribution in [0.3, 0.4) is 0 Å². The lowest BCUT2D eigenvalue weighted by Gasteiger charge is -2.47. The van der Waals surface area contributed by atoms with Gasteiger partial charge in [0, 0.05) is 5.92 Å². The fourth-order valence-electron chi connectivity index (χ4n) is 4.65. The fourth-order valence-corrected chi connectivity index (χ4v) is 4.65. The maximum Gasteiger partial charge on any atom is 0.313 e. The van der Waals surface area contributed by atoms with Crippen molar-refractivity contribution in [1.82, 2.24) is 0 Å². The van der Waals surface area contributed by atoms with E-state index in [2.05, 4.69) is 19.9 Å². The third-order valence-corrected chi connectivity index (χ3v) is 5.66. The summed E-state index contributed by atoms with van der Waals surface area (Å²) in [6.07, 6.45) is 7.04. The monoisotopic (exact) mass is 278 g/mol. The van der Waals surface area contributed by atoms with Crippen molar-refractivity contribution in [2.24, 2.45) is 17.3 Å². The SMILES string of the molecule is CC(C)C1=C[C@@H]2OO[C@@H]1[C@@H]1[C@H]2OC(=O)C12CCCCC2. The van der Waals surface area contributed by atoms with Crippen molar-refractivity contribution in [2.45, 2.75) is 64.3 Å². The van der Waals surface area contributed by atoms with Gasteiger partial charge in [0.25, 0.3) is 0 Å². The third-order valence-electron chi connectivity index (χ3n) is 5.66. The molecule has 5 aliphatic rings. The Labute approximate surface area is 119 Å². The van der Waals surface area contributed by atoms with Crippen LogP contribution in [0.5, 0.6) is 0 Å². The second-order valence-corrected chi connectivity index (χ2v) is 7.01. The molecule has 4 heteroatoms. The summed E-state index contributed by atoms with van der Waals surface area (Å²) >= 11 is 0. The van der Waals surface area contributed by atoms with Gasteiger partial charge in [0.05, 0.1) is 5.41 Å². The van der Waals surface area contributed by atoms with Crippen LogP contribution in [0.4, 0.5) is 0 Å². The van der Waals surface area contributed by atoms with Gasteiger partial charge in [-0.05, 0) is 30.4 Å². The first-order chi connectivity index (χ1) is 9.63. The van der Waals surface area contributed by atoms with Gasteiger partial charge in [-0.1, -0.05) is 33.1 Å². The number of carbonyl (C=O) groups is 1. The molecule has 110 valence electrons. The van der Waals surface area contributed by atoms with Crippen LogP contribution in [0.25, 0.3) is 0 Å². The standard InChI is InChI=1S/C16H22O4/c1-9(2)10-8-11-14-12(13(10)20-19-11)16(15(17)18-14)6-4-3-5-7-16/h8-9,11-14H,3-7H2,1-2H3/t11-,12+,13-,14-/m0/s1. The van der Waals surface area contributed by atoms with Gasteiger partial charge in [0.15, 0.2) is 0 Å². The zero-order chi connectivity index (χ0) is 13.9. The number of hydrogen-bond donors (Lipinski definition) is 0. The predicted octanol–water partition coefficient (Wildman–Crippen LogP) is 2.77. The molecular formula is C16H22O4. The van der Waals surface area contributed by atoms with E-state index in [-0.39, 0.29) is 35.6 Å². The zero-order valence-electron chi connectivity index (χ0n) is 12.1. The molecule has 0 radical (unpaired) electrons. The second kappa shape index (κ2) is 4.31. The molecule has 2 bridgehead atoms. The minimum atomic E-state index is -0.315. The Hall–Kier alpha value is -0.870. The Morgan fingerprint density at radius 2 is 1.95 bits per heavy atom. The quantitative estimate of drug-likeness (QED) is 0.420. The highest BCUT2D eigenvalue weighted by atomic mass is 17.2. The summed E-state index contributed by atoms with van der Waals surface area (Å²) in [7, 11) is 0. The third kappa shape index (κ3) is 1.52. The summed E-state index contributed by atoms with van der Waals surface area (Å²) in [6, 6.07) is 0. The van der Waals surface area contributed by atoms with Crippen LogP contribution in [0.15, 0.2) is 11.6 Å². The van der Waals surface area contributed by atoms with Gasteiger partial charge in [0.1, 0.15) is 18.3 Å². The molecule has 1 saturated carbocycles. The maximum atomic E-state index is 12.6. The van der Waals surface area contributed by atoms with Crippen molar-refractivity contribution in [2.75, 3.05) is 0 Å². The molecular weight excluding hydrogens is 256 g/mol. The molecule has 3 heterocycles. The number of ether oxygens (including phenoxy) is 1. The highest BCUT2D eigenvalue weighted by Crippen LogP contribution is 2.57. The Bertz CT molecular complexity index is 461. The van der Waals surface area contributed by atoms with Crippen molar-refractivity contribution in [3.8, 4) is 0 Å². The van der Waals surface area contributed by atoms with E-state index in [0.717, 1.165) is 25.7 Å². The van der Waals surface area contributed by atoms with E-state index in [4.69, 9.17) is 14.5 Å². The summed E-state index contributed by atoms with van der Waals surface area (Å²) in [5.74, 6) is 0.565. The van der Waals surface area contributed by atoms with Gasteiger partial charge in [-0.25, -0.2) is 9.78 Å². The first kappa shape index (κ1) is 12.8. The smallest absolute Gasteiger partial charge is 0.313 e. The van der Waals surface area contributed by atoms with Crippen LogP contribution in [-0.4, -0.2) is 24.3 Å². The van der Waals surface area contributed by atoms with E-state index in [1.165, 1.54) is 12.0 Å². The first-order valence-electron chi connectivity index (χ1n) is 7.88. The van der Waals surface area contributed by atoms with Gasteiger partial charge in [0.2, 0.25) is 0 Å². The van der Waals surface area contributed by atoms with Gasteiger partial charge >= 0.3 is 5.97 Å². The second-order valence-electron chi connectivity index (χ2n) is 7.01. The largest absolute Gasteiger partial charge is 0.458 e. The van der Waals surface area contributed by atoms with Crippen LogP contribution in [-0.2, 0) is 19.3 Å². The summed E-state index contributed by atoms with van der Waals surface area (Å²) in [5, 5.41) is 0. The van der Waals surface area contributed by atoms with E-state index in [1.54, 1.807) is 0 Å². The summed E-state index contributed by atoms with van der Waals surface area (Å²) < 4.78 is 5.73. The zero-order valence-corrected chi connectivity index (χ0v) is 12.1. The van der Waals surface area contributed by atoms with Crippen molar-refractivity contribution < 1.29 is 19.3 Å². The molecule has 5 rings (SSSR count). The Morgan fingerprint density at radius 3 is 2.65 bits per heavy atom. The van der Waals surface area contributed by atoms with Crippen LogP contribution in [0, 0.1) is 17.3 Å². The van der Waals surface area contributed by atoms with Gasteiger partial charge in [-0.3, -0.25) is 4.79 Å². The molecule has 2 aliphatic carbocycles. The molecule has 1 spiro atoms. The average Bonchev–Trinajstić information content (AvgIpc) is 2.75. The topological polar surface area (TPSA) is 44.8 Å². The lowest BCUT2D eigenvalue weighted by molar-refractivity contribution is -0.397. The van der Waals surface area contributed by atoms with Crippen LogP contribution in [0.2, 0.25) is 0 Å². The minimum absolute atomic E-state index is 0.00490. The van der Waals surface area contributed by atoms with Crippen molar-refractivity contribution in [3.05, 3.63) is 11.6 Å². The fraction of sp³-hybridized carbons (Fsp3) is 0.812. The number of esters is 1. The highest BCUT2D eigenvalue weighted by Gasteiger charge is 2.66. The van der Waals surface area contributed by atoms with E-state index in [0.29, 0.717) is 5.92 Å². The van der Waals surface area contributed by atoms with E-state index in [1.807, 2.05) is 0 Å². The van der Waals surface area contributed by atoms with Crippen LogP contribution in [0.1, 0.15) is 46.0 Å². The Morgan fingerprint density at radius 1 is 1.20 bits per heavy atom. The lowest BCUT2D eigenvalue weighted by atomic mass is 9.60. The van der Waals surface area contributed by atoms with E-state index >= 15 is 0 Å². The molecule has 0 N–H and O–H groups in total. The van der Waals surface area contributed by atoms with Crippen molar-refractivity contribution >= 4 is 5.97 Å². The minimum Gasteiger partial charge on any atom is -0.458 e. The molecule has 4 atom stereocenters. The van der Waals surface area contributed by atoms with Gasteiger partial charge in [-0.2, -0.15) is 0 Å². The van der Waals surface area contributed by atoms with Gasteiger partial charge < -0.3 is 4.74 Å². The van der Waals surface area contributed by atoms with E-state index < -0.39 is 0 Å². The van der Waals surface area contributed by atoms with Crippen molar-refractivity contribution in [3.63, 3.8) is 0 Å². The molecule has 3 fully saturated rings. The molecule has 20 heavy (non-hydrogen) atoms. The molecule has 0 aromatic carbocycles. The Balaban J connectivity index is 1.76. The molecule has 4 nitrogen and oxygen atoms in total. The molecule has 3 aliphatic heterocycles. The number of rotatable bonds is 1. The summed E-state index contributed by atoms with van der Waals surface area (Å²) in [6.45, 7) is 4.35. The Kier molecular flexibility index (Phi) is 2.77. The van der Waals surface area contributed by atoms with Crippen LogP contribution >= 0.6 is 0 Å². The van der Waals surface area contributed by atoms with Gasteiger partial charge in [-0.15, -0.1) is 0 Å². The van der Waals surface area contributed by atoms with E-state index in [9.17, 15) is 4.79 Å². The predicted molar refractivity (Wildman–Crippen MR) is 71.6 cm³/mol.